The van der Waals surface area contributed by atoms with Crippen LogP contribution in [0.3, 0.4) is 0 Å². The minimum atomic E-state index is -0.491. The molecule has 7 nitrogen and oxygen atoms in total. The Kier molecular flexibility index (Phi) is 6.83. The summed E-state index contributed by atoms with van der Waals surface area (Å²) >= 11 is 1.18. The number of carbonyl (C=O) groups excluding carboxylic acids is 2. The molecule has 3 rings (SSSR count). The molecule has 0 bridgehead atoms. The minimum absolute atomic E-state index is 0.0459. The number of thioether (sulfide) groups is 1. The average molecular weight is 428 g/mol. The lowest BCUT2D eigenvalue weighted by molar-refractivity contribution is -0.113. The van der Waals surface area contributed by atoms with Crippen LogP contribution in [0, 0.1) is 12.7 Å². The maximum atomic E-state index is 13.6. The number of hydrogen-bond acceptors (Lipinski definition) is 5. The molecule has 0 unspecified atom stereocenters. The monoisotopic (exact) mass is 427 g/mol. The Morgan fingerprint density at radius 2 is 1.83 bits per heavy atom. The molecule has 0 aliphatic rings. The third kappa shape index (κ3) is 5.04. The van der Waals surface area contributed by atoms with Crippen molar-refractivity contribution >= 4 is 29.3 Å². The SMILES string of the molecule is Cc1ccccc1C(=O)N[C@@H](C)c1nnc(SCC(=O)Nc2ccccc2F)n1C. The summed E-state index contributed by atoms with van der Waals surface area (Å²) in [5.41, 5.74) is 1.62. The number of aromatic nitrogens is 3. The zero-order valence-corrected chi connectivity index (χ0v) is 17.7. The van der Waals surface area contributed by atoms with E-state index in [1.165, 1.54) is 23.9 Å². The first-order chi connectivity index (χ1) is 14.4. The summed E-state index contributed by atoms with van der Waals surface area (Å²) in [6.45, 7) is 3.70. The zero-order valence-electron chi connectivity index (χ0n) is 16.8. The molecular weight excluding hydrogens is 405 g/mol. The standard InChI is InChI=1S/C21H22FN5O2S/c1-13-8-4-5-9-15(13)20(29)23-14(2)19-25-26-21(27(19)3)30-12-18(28)24-17-11-7-6-10-16(17)22/h4-11,14H,12H2,1-3H3,(H,23,29)(H,24,28)/t14-/m0/s1. The number of halogens is 1. The first-order valence-electron chi connectivity index (χ1n) is 9.29. The molecule has 0 aliphatic carbocycles. The van der Waals surface area contributed by atoms with Gasteiger partial charge in [0.2, 0.25) is 5.91 Å². The lowest BCUT2D eigenvalue weighted by Crippen LogP contribution is -2.29. The fourth-order valence-corrected chi connectivity index (χ4v) is 3.59. The second kappa shape index (κ2) is 9.53. The fraction of sp³-hybridized carbons (Fsp3) is 0.238. The maximum absolute atomic E-state index is 13.6. The maximum Gasteiger partial charge on any atom is 0.252 e. The second-order valence-electron chi connectivity index (χ2n) is 6.73. The normalized spacial score (nSPS) is 11.7. The number of amides is 2. The van der Waals surface area contributed by atoms with Crippen molar-refractivity contribution in [3.63, 3.8) is 0 Å². The number of para-hydroxylation sites is 1. The van der Waals surface area contributed by atoms with Gasteiger partial charge in [0, 0.05) is 12.6 Å². The highest BCUT2D eigenvalue weighted by Gasteiger charge is 2.19. The summed E-state index contributed by atoms with van der Waals surface area (Å²) < 4.78 is 15.4. The van der Waals surface area contributed by atoms with E-state index in [1.54, 1.807) is 29.8 Å². The third-order valence-corrected chi connectivity index (χ3v) is 5.49. The largest absolute Gasteiger partial charge is 0.342 e. The van der Waals surface area contributed by atoms with E-state index in [0.29, 0.717) is 16.5 Å². The van der Waals surface area contributed by atoms with E-state index in [1.807, 2.05) is 32.0 Å². The highest BCUT2D eigenvalue weighted by molar-refractivity contribution is 7.99. The summed E-state index contributed by atoms with van der Waals surface area (Å²) in [7, 11) is 1.77. The van der Waals surface area contributed by atoms with E-state index in [4.69, 9.17) is 0 Å². The first-order valence-corrected chi connectivity index (χ1v) is 10.3. The van der Waals surface area contributed by atoms with Crippen LogP contribution in [-0.2, 0) is 11.8 Å². The first kappa shape index (κ1) is 21.5. The van der Waals surface area contributed by atoms with Gasteiger partial charge in [0.05, 0.1) is 17.5 Å². The van der Waals surface area contributed by atoms with Crippen LogP contribution in [0.25, 0.3) is 0 Å². The fourth-order valence-electron chi connectivity index (χ4n) is 2.87. The summed E-state index contributed by atoms with van der Waals surface area (Å²) in [4.78, 5) is 24.6. The molecule has 3 aromatic rings. The Morgan fingerprint density at radius 3 is 2.57 bits per heavy atom. The Morgan fingerprint density at radius 1 is 1.13 bits per heavy atom. The number of rotatable bonds is 7. The third-order valence-electron chi connectivity index (χ3n) is 4.47. The van der Waals surface area contributed by atoms with E-state index in [9.17, 15) is 14.0 Å². The van der Waals surface area contributed by atoms with E-state index in [0.717, 1.165) is 5.56 Å². The minimum Gasteiger partial charge on any atom is -0.342 e. The molecular formula is C21H22FN5O2S. The van der Waals surface area contributed by atoms with Crippen LogP contribution in [0.5, 0.6) is 0 Å². The van der Waals surface area contributed by atoms with Gasteiger partial charge in [-0.1, -0.05) is 42.1 Å². The van der Waals surface area contributed by atoms with E-state index in [2.05, 4.69) is 20.8 Å². The van der Waals surface area contributed by atoms with E-state index >= 15 is 0 Å². The molecule has 0 spiro atoms. The molecule has 0 radical (unpaired) electrons. The van der Waals surface area contributed by atoms with Gasteiger partial charge in [0.25, 0.3) is 5.91 Å². The number of benzene rings is 2. The van der Waals surface area contributed by atoms with Crippen LogP contribution < -0.4 is 10.6 Å². The number of hydrogen-bond donors (Lipinski definition) is 2. The van der Waals surface area contributed by atoms with E-state index < -0.39 is 5.82 Å². The average Bonchev–Trinajstić information content (AvgIpc) is 3.09. The molecule has 2 N–H and O–H groups in total. The Bertz CT molecular complexity index is 1070. The molecule has 0 fully saturated rings. The van der Waals surface area contributed by atoms with Crippen molar-refractivity contribution < 1.29 is 14.0 Å². The van der Waals surface area contributed by atoms with Crippen LogP contribution >= 0.6 is 11.8 Å². The number of anilines is 1. The molecule has 30 heavy (non-hydrogen) atoms. The molecule has 156 valence electrons. The van der Waals surface area contributed by atoms with Gasteiger partial charge in [-0.2, -0.15) is 0 Å². The van der Waals surface area contributed by atoms with Gasteiger partial charge in [-0.15, -0.1) is 10.2 Å². The van der Waals surface area contributed by atoms with E-state index in [-0.39, 0.29) is 29.3 Å². The van der Waals surface area contributed by atoms with Crippen molar-refractivity contribution in [2.24, 2.45) is 7.05 Å². The summed E-state index contributed by atoms with van der Waals surface area (Å²) in [5, 5.41) is 14.2. The van der Waals surface area contributed by atoms with Gasteiger partial charge in [-0.05, 0) is 37.6 Å². The van der Waals surface area contributed by atoms with Crippen molar-refractivity contribution in [2.45, 2.75) is 25.0 Å². The summed E-state index contributed by atoms with van der Waals surface area (Å²) in [6.07, 6.45) is 0. The van der Waals surface area contributed by atoms with Crippen LogP contribution in [0.2, 0.25) is 0 Å². The van der Waals surface area contributed by atoms with Gasteiger partial charge in [-0.3, -0.25) is 9.59 Å². The highest BCUT2D eigenvalue weighted by Crippen LogP contribution is 2.20. The van der Waals surface area contributed by atoms with Crippen LogP contribution in [0.4, 0.5) is 10.1 Å². The summed E-state index contributed by atoms with van der Waals surface area (Å²) in [5.74, 6) is -0.425. The molecule has 0 aliphatic heterocycles. The predicted octanol–water partition coefficient (Wildman–Crippen LogP) is 3.48. The van der Waals surface area contributed by atoms with Crippen molar-refractivity contribution in [2.75, 3.05) is 11.1 Å². The number of carbonyl (C=O) groups is 2. The zero-order chi connectivity index (χ0) is 21.7. The Hall–Kier alpha value is -3.20. The Labute approximate surface area is 178 Å². The molecule has 1 atom stereocenters. The highest BCUT2D eigenvalue weighted by atomic mass is 32.2. The molecule has 9 heteroatoms. The van der Waals surface area contributed by atoms with Crippen molar-refractivity contribution in [1.82, 2.24) is 20.1 Å². The smallest absolute Gasteiger partial charge is 0.252 e. The lowest BCUT2D eigenvalue weighted by Gasteiger charge is -2.14. The van der Waals surface area contributed by atoms with Gasteiger partial charge < -0.3 is 15.2 Å². The molecule has 2 aromatic carbocycles. The van der Waals surface area contributed by atoms with Crippen LogP contribution in [-0.4, -0.2) is 32.3 Å². The quantitative estimate of drug-likeness (QED) is 0.564. The number of nitrogens with one attached hydrogen (secondary N) is 2. The van der Waals surface area contributed by atoms with Crippen molar-refractivity contribution in [3.8, 4) is 0 Å². The molecule has 0 saturated heterocycles. The summed E-state index contributed by atoms with van der Waals surface area (Å²) in [6, 6.07) is 12.9. The van der Waals surface area contributed by atoms with Crippen LogP contribution in [0.1, 0.15) is 34.7 Å². The molecule has 0 saturated carbocycles. The van der Waals surface area contributed by atoms with Gasteiger partial charge in [-0.25, -0.2) is 4.39 Å². The van der Waals surface area contributed by atoms with Gasteiger partial charge in [0.1, 0.15) is 5.82 Å². The molecule has 1 heterocycles. The number of aryl methyl sites for hydroxylation is 1. The van der Waals surface area contributed by atoms with Crippen molar-refractivity contribution in [1.29, 1.82) is 0 Å². The van der Waals surface area contributed by atoms with Crippen LogP contribution in [0.15, 0.2) is 53.7 Å². The van der Waals surface area contributed by atoms with Crippen molar-refractivity contribution in [3.05, 3.63) is 71.3 Å². The molecule has 2 amide bonds. The second-order valence-corrected chi connectivity index (χ2v) is 7.67. The number of nitrogens with zero attached hydrogens (tertiary/aromatic N) is 3. The predicted molar refractivity (Wildman–Crippen MR) is 114 cm³/mol. The van der Waals surface area contributed by atoms with Gasteiger partial charge in [0.15, 0.2) is 11.0 Å². The Balaban J connectivity index is 1.60. The van der Waals surface area contributed by atoms with Gasteiger partial charge >= 0.3 is 0 Å². The topological polar surface area (TPSA) is 88.9 Å². The molecule has 1 aromatic heterocycles. The lowest BCUT2D eigenvalue weighted by atomic mass is 10.1.